The summed E-state index contributed by atoms with van der Waals surface area (Å²) in [6, 6.07) is 0.518. The third-order valence-electron chi connectivity index (χ3n) is 3.88. The first-order valence-electron chi connectivity index (χ1n) is 7.44. The van der Waals surface area contributed by atoms with E-state index in [-0.39, 0.29) is 17.7 Å². The van der Waals surface area contributed by atoms with E-state index in [2.05, 4.69) is 0 Å². The van der Waals surface area contributed by atoms with E-state index >= 15 is 0 Å². The molecule has 1 N–H and O–H groups in total. The van der Waals surface area contributed by atoms with Gasteiger partial charge >= 0.3 is 5.97 Å². The highest BCUT2D eigenvalue weighted by Crippen LogP contribution is 2.28. The molecule has 1 aliphatic carbocycles. The lowest BCUT2D eigenvalue weighted by Gasteiger charge is -2.37. The van der Waals surface area contributed by atoms with Crippen LogP contribution in [-0.2, 0) is 9.59 Å². The molecule has 0 aliphatic heterocycles. The molecule has 5 heteroatoms. The highest BCUT2D eigenvalue weighted by molar-refractivity contribution is 8.01. The fourth-order valence-corrected chi connectivity index (χ4v) is 3.41. The summed E-state index contributed by atoms with van der Waals surface area (Å²) >= 11 is 1.21. The molecule has 1 saturated carbocycles. The molecule has 0 atom stereocenters. The van der Waals surface area contributed by atoms with E-state index in [0.29, 0.717) is 6.04 Å². The van der Waals surface area contributed by atoms with Crippen LogP contribution in [-0.4, -0.2) is 44.5 Å². The number of carbonyl (C=O) groups is 2. The number of amides is 1. The van der Waals surface area contributed by atoms with Crippen LogP contribution in [0.5, 0.6) is 0 Å². The second-order valence-electron chi connectivity index (χ2n) is 6.29. The Morgan fingerprint density at radius 2 is 1.80 bits per heavy atom. The number of thioether (sulfide) groups is 1. The average Bonchev–Trinajstić information content (AvgIpc) is 2.37. The zero-order valence-electron chi connectivity index (χ0n) is 13.0. The van der Waals surface area contributed by atoms with Crippen molar-refractivity contribution in [1.29, 1.82) is 0 Å². The minimum absolute atomic E-state index is 0.0752. The van der Waals surface area contributed by atoms with Crippen molar-refractivity contribution < 1.29 is 14.7 Å². The maximum absolute atomic E-state index is 12.5. The summed E-state index contributed by atoms with van der Waals surface area (Å²) in [5.41, 5.74) is 0. The minimum atomic E-state index is -0.912. The van der Waals surface area contributed by atoms with Gasteiger partial charge in [-0.3, -0.25) is 9.59 Å². The molecule has 0 aromatic heterocycles. The Morgan fingerprint density at radius 1 is 1.25 bits per heavy atom. The lowest BCUT2D eigenvalue weighted by Crippen LogP contribution is -2.47. The topological polar surface area (TPSA) is 57.6 Å². The highest BCUT2D eigenvalue weighted by atomic mass is 32.2. The molecule has 1 amide bonds. The number of carboxylic acid groups (broad SMARTS) is 1. The lowest BCUT2D eigenvalue weighted by atomic mass is 9.93. The molecule has 0 aromatic rings. The molecule has 0 heterocycles. The molecule has 0 radical (unpaired) electrons. The predicted molar refractivity (Wildman–Crippen MR) is 83.0 cm³/mol. The van der Waals surface area contributed by atoms with Crippen LogP contribution in [0.2, 0.25) is 0 Å². The summed E-state index contributed by atoms with van der Waals surface area (Å²) < 4.78 is -0.912. The quantitative estimate of drug-likeness (QED) is 0.819. The largest absolute Gasteiger partial charge is 0.480 e. The second-order valence-corrected chi connectivity index (χ2v) is 7.89. The number of nitrogens with zero attached hydrogens (tertiary/aromatic N) is 1. The van der Waals surface area contributed by atoms with Gasteiger partial charge in [-0.15, -0.1) is 11.8 Å². The monoisotopic (exact) mass is 301 g/mol. The van der Waals surface area contributed by atoms with Gasteiger partial charge in [0.25, 0.3) is 0 Å². The Bertz CT molecular complexity index is 349. The fourth-order valence-electron chi connectivity index (χ4n) is 2.65. The lowest BCUT2D eigenvalue weighted by molar-refractivity contribution is -0.138. The molecular formula is C15H27NO3S. The van der Waals surface area contributed by atoms with Gasteiger partial charge in [-0.2, -0.15) is 0 Å². The zero-order chi connectivity index (χ0) is 15.3. The third-order valence-corrected chi connectivity index (χ3v) is 5.17. The van der Waals surface area contributed by atoms with Gasteiger partial charge in [0.05, 0.1) is 5.75 Å². The van der Waals surface area contributed by atoms with Crippen molar-refractivity contribution in [2.24, 2.45) is 0 Å². The van der Waals surface area contributed by atoms with Crippen LogP contribution in [0.4, 0.5) is 0 Å². The van der Waals surface area contributed by atoms with Gasteiger partial charge in [0, 0.05) is 12.1 Å². The first-order valence-corrected chi connectivity index (χ1v) is 8.43. The molecule has 0 saturated heterocycles. The van der Waals surface area contributed by atoms with Gasteiger partial charge in [0.1, 0.15) is 4.75 Å². The van der Waals surface area contributed by atoms with E-state index in [9.17, 15) is 9.59 Å². The molecule has 0 bridgehead atoms. The molecule has 1 aliphatic rings. The van der Waals surface area contributed by atoms with Gasteiger partial charge in [0.2, 0.25) is 5.91 Å². The highest BCUT2D eigenvalue weighted by Gasteiger charge is 2.32. The smallest absolute Gasteiger partial charge is 0.319 e. The third kappa shape index (κ3) is 4.69. The Labute approximate surface area is 126 Å². The number of carbonyl (C=O) groups excluding carboxylic acids is 1. The molecule has 116 valence electrons. The number of rotatable bonds is 6. The Balaban J connectivity index is 2.63. The average molecular weight is 301 g/mol. The molecule has 1 rings (SSSR count). The van der Waals surface area contributed by atoms with E-state index in [1.54, 1.807) is 13.8 Å². The van der Waals surface area contributed by atoms with E-state index in [0.717, 1.165) is 12.8 Å². The zero-order valence-corrected chi connectivity index (χ0v) is 13.8. The summed E-state index contributed by atoms with van der Waals surface area (Å²) in [7, 11) is 0. The summed E-state index contributed by atoms with van der Waals surface area (Å²) in [6.07, 6.45) is 5.80. The van der Waals surface area contributed by atoms with Crippen LogP contribution >= 0.6 is 11.8 Å². The van der Waals surface area contributed by atoms with Crippen LogP contribution in [0.15, 0.2) is 0 Å². The minimum Gasteiger partial charge on any atom is -0.480 e. The summed E-state index contributed by atoms with van der Waals surface area (Å²) in [5.74, 6) is -0.552. The van der Waals surface area contributed by atoms with Gasteiger partial charge in [-0.05, 0) is 40.5 Å². The van der Waals surface area contributed by atoms with Crippen molar-refractivity contribution >= 4 is 23.6 Å². The SMILES string of the molecule is CC(C)N(C(=O)CSC(C)(C)C(=O)O)C1CCCCC1. The van der Waals surface area contributed by atoms with Gasteiger partial charge < -0.3 is 10.0 Å². The van der Waals surface area contributed by atoms with Gasteiger partial charge in [0.15, 0.2) is 0 Å². The van der Waals surface area contributed by atoms with Crippen molar-refractivity contribution in [3.05, 3.63) is 0 Å². The van der Waals surface area contributed by atoms with Crippen molar-refractivity contribution in [2.45, 2.75) is 76.6 Å². The fraction of sp³-hybridized carbons (Fsp3) is 0.867. The first-order chi connectivity index (χ1) is 9.25. The van der Waals surface area contributed by atoms with Crippen LogP contribution in [0.3, 0.4) is 0 Å². The molecular weight excluding hydrogens is 274 g/mol. The number of hydrogen-bond acceptors (Lipinski definition) is 3. The van der Waals surface area contributed by atoms with E-state index < -0.39 is 10.7 Å². The molecule has 0 spiro atoms. The number of aliphatic carboxylic acids is 1. The predicted octanol–water partition coefficient (Wildman–Crippen LogP) is 3.15. The summed E-state index contributed by atoms with van der Waals surface area (Å²) in [4.78, 5) is 25.5. The number of hydrogen-bond donors (Lipinski definition) is 1. The van der Waals surface area contributed by atoms with Crippen molar-refractivity contribution in [1.82, 2.24) is 4.90 Å². The number of carboxylic acids is 1. The summed E-state index contributed by atoms with van der Waals surface area (Å²) in [5, 5.41) is 9.10. The van der Waals surface area contributed by atoms with Gasteiger partial charge in [-0.1, -0.05) is 19.3 Å². The van der Waals surface area contributed by atoms with Crippen LogP contribution in [0, 0.1) is 0 Å². The van der Waals surface area contributed by atoms with Crippen LogP contribution < -0.4 is 0 Å². The van der Waals surface area contributed by atoms with Crippen molar-refractivity contribution in [3.63, 3.8) is 0 Å². The van der Waals surface area contributed by atoms with Crippen molar-refractivity contribution in [2.75, 3.05) is 5.75 Å². The molecule has 0 aromatic carbocycles. The Kier molecular flexibility index (Phi) is 6.37. The first kappa shape index (κ1) is 17.3. The van der Waals surface area contributed by atoms with E-state index in [1.807, 2.05) is 18.7 Å². The van der Waals surface area contributed by atoms with E-state index in [1.165, 1.54) is 31.0 Å². The van der Waals surface area contributed by atoms with E-state index in [4.69, 9.17) is 5.11 Å². The van der Waals surface area contributed by atoms with Crippen LogP contribution in [0.1, 0.15) is 59.8 Å². The molecule has 4 nitrogen and oxygen atoms in total. The summed E-state index contributed by atoms with van der Waals surface area (Å²) in [6.45, 7) is 7.38. The van der Waals surface area contributed by atoms with Gasteiger partial charge in [-0.25, -0.2) is 0 Å². The van der Waals surface area contributed by atoms with Crippen molar-refractivity contribution in [3.8, 4) is 0 Å². The normalized spacial score (nSPS) is 17.2. The Morgan fingerprint density at radius 3 is 2.25 bits per heavy atom. The second kappa shape index (κ2) is 7.34. The maximum atomic E-state index is 12.5. The standard InChI is InChI=1S/C15H27NO3S/c1-11(2)16(12-8-6-5-7-9-12)13(17)10-20-15(3,4)14(18)19/h11-12H,5-10H2,1-4H3,(H,18,19). The Hall–Kier alpha value is -0.710. The maximum Gasteiger partial charge on any atom is 0.319 e. The molecule has 20 heavy (non-hydrogen) atoms. The van der Waals surface area contributed by atoms with Crippen LogP contribution in [0.25, 0.3) is 0 Å². The molecule has 1 fully saturated rings. The molecule has 0 unspecified atom stereocenters.